The normalized spacial score (nSPS) is 23.4. The van der Waals surface area contributed by atoms with E-state index >= 15 is 0 Å². The SMILES string of the molecule is Cc1nc(N)c2c(C)c(C)n(C3CCCC(C)CC3)c2n1. The van der Waals surface area contributed by atoms with Gasteiger partial charge >= 0.3 is 0 Å². The summed E-state index contributed by atoms with van der Waals surface area (Å²) in [6.07, 6.45) is 6.46. The lowest BCUT2D eigenvalue weighted by Crippen LogP contribution is -2.11. The summed E-state index contributed by atoms with van der Waals surface area (Å²) < 4.78 is 2.44. The Morgan fingerprint density at radius 3 is 2.57 bits per heavy atom. The Morgan fingerprint density at radius 1 is 1.05 bits per heavy atom. The first-order valence-electron chi connectivity index (χ1n) is 8.10. The Labute approximate surface area is 126 Å². The van der Waals surface area contributed by atoms with Crippen LogP contribution in [-0.2, 0) is 0 Å². The highest BCUT2D eigenvalue weighted by molar-refractivity contribution is 5.91. The average molecular weight is 286 g/mol. The van der Waals surface area contributed by atoms with Crippen molar-refractivity contribution in [3.63, 3.8) is 0 Å². The second-order valence-corrected chi connectivity index (χ2v) is 6.70. The molecular weight excluding hydrogens is 260 g/mol. The Bertz CT molecular complexity index is 671. The molecule has 0 aliphatic heterocycles. The minimum absolute atomic E-state index is 0.555. The van der Waals surface area contributed by atoms with Gasteiger partial charge in [-0.2, -0.15) is 0 Å². The molecule has 0 saturated heterocycles. The van der Waals surface area contributed by atoms with E-state index in [0.717, 1.165) is 22.8 Å². The monoisotopic (exact) mass is 286 g/mol. The Kier molecular flexibility index (Phi) is 3.64. The molecule has 4 nitrogen and oxygen atoms in total. The molecule has 1 fully saturated rings. The third-order valence-electron chi connectivity index (χ3n) is 5.13. The van der Waals surface area contributed by atoms with Crippen LogP contribution in [0.25, 0.3) is 11.0 Å². The molecule has 4 heteroatoms. The van der Waals surface area contributed by atoms with E-state index in [4.69, 9.17) is 10.7 Å². The van der Waals surface area contributed by atoms with Crippen molar-refractivity contribution < 1.29 is 0 Å². The number of fused-ring (bicyclic) bond motifs is 1. The highest BCUT2D eigenvalue weighted by Gasteiger charge is 2.24. The van der Waals surface area contributed by atoms with Gasteiger partial charge in [0.15, 0.2) is 0 Å². The van der Waals surface area contributed by atoms with Gasteiger partial charge in [0.1, 0.15) is 17.3 Å². The highest BCUT2D eigenvalue weighted by Crippen LogP contribution is 2.36. The Balaban J connectivity index is 2.15. The Morgan fingerprint density at radius 2 is 1.81 bits per heavy atom. The van der Waals surface area contributed by atoms with Gasteiger partial charge in [0.2, 0.25) is 0 Å². The molecule has 0 radical (unpaired) electrons. The van der Waals surface area contributed by atoms with Crippen LogP contribution in [0.4, 0.5) is 5.82 Å². The van der Waals surface area contributed by atoms with Crippen LogP contribution < -0.4 is 5.73 Å². The van der Waals surface area contributed by atoms with Gasteiger partial charge in [-0.25, -0.2) is 9.97 Å². The zero-order chi connectivity index (χ0) is 15.1. The van der Waals surface area contributed by atoms with Crippen LogP contribution in [0.15, 0.2) is 0 Å². The molecule has 0 bridgehead atoms. The fourth-order valence-electron chi connectivity index (χ4n) is 3.81. The van der Waals surface area contributed by atoms with E-state index in [0.29, 0.717) is 11.9 Å². The van der Waals surface area contributed by atoms with Crippen LogP contribution >= 0.6 is 0 Å². The van der Waals surface area contributed by atoms with Gasteiger partial charge in [-0.05, 0) is 51.5 Å². The molecular formula is C17H26N4. The van der Waals surface area contributed by atoms with E-state index in [1.54, 1.807) is 0 Å². The maximum Gasteiger partial charge on any atom is 0.146 e. The molecule has 2 aromatic rings. The summed E-state index contributed by atoms with van der Waals surface area (Å²) in [7, 11) is 0. The predicted molar refractivity (Wildman–Crippen MR) is 87.4 cm³/mol. The molecule has 2 heterocycles. The first-order valence-corrected chi connectivity index (χ1v) is 8.10. The second kappa shape index (κ2) is 5.32. The zero-order valence-corrected chi connectivity index (χ0v) is 13.6. The van der Waals surface area contributed by atoms with E-state index in [9.17, 15) is 0 Å². The van der Waals surface area contributed by atoms with Crippen LogP contribution in [0.2, 0.25) is 0 Å². The summed E-state index contributed by atoms with van der Waals surface area (Å²) in [6, 6.07) is 0.555. The number of nitrogen functional groups attached to an aromatic ring is 1. The van der Waals surface area contributed by atoms with Gasteiger partial charge in [-0.3, -0.25) is 0 Å². The number of hydrogen-bond acceptors (Lipinski definition) is 3. The number of aryl methyl sites for hydroxylation is 2. The second-order valence-electron chi connectivity index (χ2n) is 6.70. The molecule has 2 unspecified atom stereocenters. The van der Waals surface area contributed by atoms with Crippen molar-refractivity contribution in [1.82, 2.24) is 14.5 Å². The summed E-state index contributed by atoms with van der Waals surface area (Å²) in [5.41, 5.74) is 9.73. The van der Waals surface area contributed by atoms with Crippen LogP contribution in [0.5, 0.6) is 0 Å². The number of nitrogens with zero attached hydrogens (tertiary/aromatic N) is 3. The Hall–Kier alpha value is -1.58. The van der Waals surface area contributed by atoms with Crippen molar-refractivity contribution in [2.45, 2.75) is 65.8 Å². The molecule has 0 amide bonds. The van der Waals surface area contributed by atoms with Crippen LogP contribution in [0.3, 0.4) is 0 Å². The molecule has 2 aromatic heterocycles. The maximum absolute atomic E-state index is 6.16. The molecule has 1 aliphatic carbocycles. The van der Waals surface area contributed by atoms with Crippen molar-refractivity contribution in [3.05, 3.63) is 17.1 Å². The largest absolute Gasteiger partial charge is 0.383 e. The van der Waals surface area contributed by atoms with Gasteiger partial charge in [-0.1, -0.05) is 19.8 Å². The molecule has 1 saturated carbocycles. The van der Waals surface area contributed by atoms with Crippen LogP contribution in [0.1, 0.15) is 62.2 Å². The number of hydrogen-bond donors (Lipinski definition) is 1. The van der Waals surface area contributed by atoms with E-state index in [2.05, 4.69) is 30.3 Å². The summed E-state index contributed by atoms with van der Waals surface area (Å²) in [5.74, 6) is 2.24. The molecule has 0 spiro atoms. The zero-order valence-electron chi connectivity index (χ0n) is 13.6. The fraction of sp³-hybridized carbons (Fsp3) is 0.647. The van der Waals surface area contributed by atoms with Gasteiger partial charge in [0.05, 0.1) is 5.39 Å². The van der Waals surface area contributed by atoms with Gasteiger partial charge < -0.3 is 10.3 Å². The fourth-order valence-corrected chi connectivity index (χ4v) is 3.81. The van der Waals surface area contributed by atoms with Gasteiger partial charge in [-0.15, -0.1) is 0 Å². The van der Waals surface area contributed by atoms with E-state index < -0.39 is 0 Å². The smallest absolute Gasteiger partial charge is 0.146 e. The minimum Gasteiger partial charge on any atom is -0.383 e. The third-order valence-corrected chi connectivity index (χ3v) is 5.13. The van der Waals surface area contributed by atoms with Gasteiger partial charge in [0.25, 0.3) is 0 Å². The van der Waals surface area contributed by atoms with Crippen molar-refractivity contribution >= 4 is 16.9 Å². The summed E-state index contributed by atoms with van der Waals surface area (Å²) in [6.45, 7) is 8.63. The number of rotatable bonds is 1. The molecule has 2 atom stereocenters. The van der Waals surface area contributed by atoms with Crippen molar-refractivity contribution in [2.24, 2.45) is 5.92 Å². The molecule has 114 valence electrons. The first-order chi connectivity index (χ1) is 9.99. The quantitative estimate of drug-likeness (QED) is 0.804. The topological polar surface area (TPSA) is 56.7 Å². The van der Waals surface area contributed by atoms with Crippen molar-refractivity contribution in [1.29, 1.82) is 0 Å². The van der Waals surface area contributed by atoms with E-state index in [-0.39, 0.29) is 0 Å². The molecule has 21 heavy (non-hydrogen) atoms. The lowest BCUT2D eigenvalue weighted by molar-refractivity contribution is 0.435. The third kappa shape index (κ3) is 2.41. The number of nitrogens with two attached hydrogens (primary N) is 1. The standard InChI is InChI=1S/C17H26N4/c1-10-6-5-7-14(9-8-10)21-12(3)11(2)15-16(18)19-13(4)20-17(15)21/h10,14H,5-9H2,1-4H3,(H2,18,19,20). The number of anilines is 1. The summed E-state index contributed by atoms with van der Waals surface area (Å²) >= 11 is 0. The molecule has 0 aromatic carbocycles. The molecule has 1 aliphatic rings. The lowest BCUT2D eigenvalue weighted by atomic mass is 10.0. The number of aromatic nitrogens is 3. The maximum atomic E-state index is 6.16. The highest BCUT2D eigenvalue weighted by atomic mass is 15.1. The minimum atomic E-state index is 0.555. The lowest BCUT2D eigenvalue weighted by Gasteiger charge is -2.20. The van der Waals surface area contributed by atoms with E-state index in [1.807, 2.05) is 6.92 Å². The summed E-state index contributed by atoms with van der Waals surface area (Å²) in [4.78, 5) is 9.06. The summed E-state index contributed by atoms with van der Waals surface area (Å²) in [5, 5.41) is 1.05. The van der Waals surface area contributed by atoms with Crippen LogP contribution in [-0.4, -0.2) is 14.5 Å². The van der Waals surface area contributed by atoms with Crippen molar-refractivity contribution in [3.8, 4) is 0 Å². The molecule has 3 rings (SSSR count). The molecule has 2 N–H and O–H groups in total. The van der Waals surface area contributed by atoms with Crippen molar-refractivity contribution in [2.75, 3.05) is 5.73 Å². The predicted octanol–water partition coefficient (Wildman–Crippen LogP) is 4.08. The van der Waals surface area contributed by atoms with Gasteiger partial charge in [0, 0.05) is 11.7 Å². The first kappa shape index (κ1) is 14.4. The average Bonchev–Trinajstić information content (AvgIpc) is 2.57. The van der Waals surface area contributed by atoms with Crippen LogP contribution in [0, 0.1) is 26.7 Å². The van der Waals surface area contributed by atoms with E-state index in [1.165, 1.54) is 43.4 Å².